The topological polar surface area (TPSA) is 72.5 Å². The van der Waals surface area contributed by atoms with E-state index < -0.39 is 0 Å². The molecule has 0 spiro atoms. The number of aromatic nitrogens is 1. The fraction of sp³-hybridized carbons (Fsp3) is 0.364. The van der Waals surface area contributed by atoms with Gasteiger partial charge in [-0.05, 0) is 43.7 Å². The van der Waals surface area contributed by atoms with E-state index in [0.717, 1.165) is 40.2 Å². The molecule has 0 unspecified atom stereocenters. The first-order valence-corrected chi connectivity index (χ1v) is 10.6. The van der Waals surface area contributed by atoms with E-state index in [0.29, 0.717) is 36.1 Å². The molecule has 3 aromatic rings. The van der Waals surface area contributed by atoms with E-state index in [4.69, 9.17) is 14.5 Å². The van der Waals surface area contributed by atoms with Gasteiger partial charge in [0.05, 0.1) is 29.4 Å². The molecular formula is C22H25N3O3S. The number of hydrogen-bond donors (Lipinski definition) is 2. The van der Waals surface area contributed by atoms with Crippen molar-refractivity contribution < 1.29 is 14.3 Å². The van der Waals surface area contributed by atoms with Crippen LogP contribution in [-0.2, 0) is 6.42 Å². The Hall–Kier alpha value is -2.64. The molecule has 0 radical (unpaired) electrons. The van der Waals surface area contributed by atoms with Crippen molar-refractivity contribution in [3.05, 3.63) is 52.5 Å². The summed E-state index contributed by atoms with van der Waals surface area (Å²) in [6, 6.07) is 12.0. The van der Waals surface area contributed by atoms with E-state index in [2.05, 4.69) is 16.7 Å². The van der Waals surface area contributed by atoms with Crippen LogP contribution in [0.2, 0.25) is 0 Å². The SMILES string of the molecule is COc1ccc(C(=O)NC[C@@H]2CCCN2)c(Cc2nc3ccccc3s2)c1OC. The summed E-state index contributed by atoms with van der Waals surface area (Å²) in [7, 11) is 3.20. The summed E-state index contributed by atoms with van der Waals surface area (Å²) in [6.07, 6.45) is 2.74. The Morgan fingerprint density at radius 1 is 1.24 bits per heavy atom. The molecule has 1 saturated heterocycles. The molecule has 0 bridgehead atoms. The standard InChI is InChI=1S/C22H25N3O3S/c1-27-18-10-9-15(22(26)24-13-14-6-5-11-23-14)16(21(18)28-2)12-20-25-17-7-3-4-8-19(17)29-20/h3-4,7-10,14,23H,5-6,11-13H2,1-2H3,(H,24,26)/t14-/m0/s1. The maximum atomic E-state index is 13.0. The molecule has 1 amide bonds. The lowest BCUT2D eigenvalue weighted by atomic mass is 10.0. The highest BCUT2D eigenvalue weighted by atomic mass is 32.1. The molecule has 6 nitrogen and oxygen atoms in total. The second kappa shape index (κ2) is 8.80. The molecule has 1 aliphatic rings. The zero-order valence-corrected chi connectivity index (χ0v) is 17.5. The number of para-hydroxylation sites is 1. The maximum Gasteiger partial charge on any atom is 0.251 e. The van der Waals surface area contributed by atoms with Crippen LogP contribution in [0.15, 0.2) is 36.4 Å². The van der Waals surface area contributed by atoms with E-state index in [9.17, 15) is 4.79 Å². The Bertz CT molecular complexity index is 979. The number of ether oxygens (including phenoxy) is 2. The van der Waals surface area contributed by atoms with Gasteiger partial charge >= 0.3 is 0 Å². The molecule has 2 N–H and O–H groups in total. The normalized spacial score (nSPS) is 16.1. The molecule has 1 atom stereocenters. The molecule has 152 valence electrons. The molecule has 0 aliphatic carbocycles. The Labute approximate surface area is 174 Å². The summed E-state index contributed by atoms with van der Waals surface area (Å²) in [6.45, 7) is 1.63. The van der Waals surface area contributed by atoms with Gasteiger partial charge in [-0.3, -0.25) is 4.79 Å². The summed E-state index contributed by atoms with van der Waals surface area (Å²) < 4.78 is 12.2. The van der Waals surface area contributed by atoms with Crippen LogP contribution in [-0.4, -0.2) is 44.2 Å². The first-order valence-electron chi connectivity index (χ1n) is 9.79. The minimum atomic E-state index is -0.101. The Morgan fingerprint density at radius 3 is 2.83 bits per heavy atom. The number of amides is 1. The second-order valence-corrected chi connectivity index (χ2v) is 8.20. The highest BCUT2D eigenvalue weighted by Gasteiger charge is 2.22. The lowest BCUT2D eigenvalue weighted by Crippen LogP contribution is -2.37. The third-order valence-electron chi connectivity index (χ3n) is 5.23. The minimum Gasteiger partial charge on any atom is -0.493 e. The first-order chi connectivity index (χ1) is 14.2. The zero-order chi connectivity index (χ0) is 20.2. The summed E-state index contributed by atoms with van der Waals surface area (Å²) >= 11 is 1.63. The zero-order valence-electron chi connectivity index (χ0n) is 16.7. The number of fused-ring (bicyclic) bond motifs is 1. The van der Waals surface area contributed by atoms with Gasteiger partial charge in [-0.1, -0.05) is 12.1 Å². The lowest BCUT2D eigenvalue weighted by molar-refractivity contribution is 0.0949. The van der Waals surface area contributed by atoms with Crippen molar-refractivity contribution in [1.29, 1.82) is 0 Å². The molecule has 0 saturated carbocycles. The lowest BCUT2D eigenvalue weighted by Gasteiger charge is -2.17. The van der Waals surface area contributed by atoms with E-state index in [1.807, 2.05) is 18.2 Å². The van der Waals surface area contributed by atoms with Gasteiger partial charge in [0.15, 0.2) is 11.5 Å². The van der Waals surface area contributed by atoms with E-state index in [-0.39, 0.29) is 5.91 Å². The monoisotopic (exact) mass is 411 g/mol. The van der Waals surface area contributed by atoms with Gasteiger partial charge in [-0.15, -0.1) is 11.3 Å². The fourth-order valence-electron chi connectivity index (χ4n) is 3.77. The van der Waals surface area contributed by atoms with E-state index >= 15 is 0 Å². The molecule has 2 aromatic carbocycles. The van der Waals surface area contributed by atoms with Crippen LogP contribution in [0.5, 0.6) is 11.5 Å². The quantitative estimate of drug-likeness (QED) is 0.624. The van der Waals surface area contributed by atoms with Gasteiger partial charge in [0.2, 0.25) is 0 Å². The van der Waals surface area contributed by atoms with Gasteiger partial charge in [-0.2, -0.15) is 0 Å². The van der Waals surface area contributed by atoms with Crippen LogP contribution >= 0.6 is 11.3 Å². The van der Waals surface area contributed by atoms with Gasteiger partial charge in [-0.25, -0.2) is 4.98 Å². The minimum absolute atomic E-state index is 0.101. The molecule has 2 heterocycles. The molecular weight excluding hydrogens is 386 g/mol. The Morgan fingerprint density at radius 2 is 2.10 bits per heavy atom. The average Bonchev–Trinajstić information content (AvgIpc) is 3.40. The first kappa shape index (κ1) is 19.7. The van der Waals surface area contributed by atoms with Crippen molar-refractivity contribution in [2.45, 2.75) is 25.3 Å². The van der Waals surface area contributed by atoms with Gasteiger partial charge in [0, 0.05) is 30.1 Å². The van der Waals surface area contributed by atoms with Crippen molar-refractivity contribution >= 4 is 27.5 Å². The van der Waals surface area contributed by atoms with Gasteiger partial charge < -0.3 is 20.1 Å². The summed E-state index contributed by atoms with van der Waals surface area (Å²) in [5.74, 6) is 1.09. The smallest absolute Gasteiger partial charge is 0.251 e. The number of nitrogens with zero attached hydrogens (tertiary/aromatic N) is 1. The Kier molecular flexibility index (Phi) is 5.97. The number of nitrogens with one attached hydrogen (secondary N) is 2. The number of carbonyl (C=O) groups excluding carboxylic acids is 1. The fourth-order valence-corrected chi connectivity index (χ4v) is 4.75. The third kappa shape index (κ3) is 4.21. The molecule has 7 heteroatoms. The predicted molar refractivity (Wildman–Crippen MR) is 115 cm³/mol. The van der Waals surface area contributed by atoms with Crippen molar-refractivity contribution in [3.63, 3.8) is 0 Å². The molecule has 4 rings (SSSR count). The molecule has 1 aliphatic heterocycles. The average molecular weight is 412 g/mol. The summed E-state index contributed by atoms with van der Waals surface area (Å²) in [5, 5.41) is 7.41. The van der Waals surface area contributed by atoms with Crippen LogP contribution < -0.4 is 20.1 Å². The summed E-state index contributed by atoms with van der Waals surface area (Å²) in [5.41, 5.74) is 2.36. The highest BCUT2D eigenvalue weighted by molar-refractivity contribution is 7.18. The molecule has 1 aromatic heterocycles. The second-order valence-electron chi connectivity index (χ2n) is 7.08. The molecule has 1 fully saturated rings. The number of benzene rings is 2. The number of thiazole rings is 1. The van der Waals surface area contributed by atoms with Crippen LogP contribution in [0, 0.1) is 0 Å². The maximum absolute atomic E-state index is 13.0. The number of carbonyl (C=O) groups is 1. The van der Waals surface area contributed by atoms with Crippen LogP contribution in [0.3, 0.4) is 0 Å². The van der Waals surface area contributed by atoms with Crippen molar-refractivity contribution in [2.24, 2.45) is 0 Å². The number of rotatable bonds is 7. The number of methoxy groups -OCH3 is 2. The van der Waals surface area contributed by atoms with Crippen LogP contribution in [0.1, 0.15) is 33.8 Å². The van der Waals surface area contributed by atoms with Crippen molar-refractivity contribution in [3.8, 4) is 11.5 Å². The van der Waals surface area contributed by atoms with Crippen LogP contribution in [0.4, 0.5) is 0 Å². The van der Waals surface area contributed by atoms with Crippen molar-refractivity contribution in [1.82, 2.24) is 15.6 Å². The summed E-state index contributed by atoms with van der Waals surface area (Å²) in [4.78, 5) is 17.7. The largest absolute Gasteiger partial charge is 0.493 e. The van der Waals surface area contributed by atoms with Gasteiger partial charge in [0.1, 0.15) is 0 Å². The molecule has 29 heavy (non-hydrogen) atoms. The van der Waals surface area contributed by atoms with Gasteiger partial charge in [0.25, 0.3) is 5.91 Å². The predicted octanol–water partition coefficient (Wildman–Crippen LogP) is 3.39. The van der Waals surface area contributed by atoms with Crippen molar-refractivity contribution in [2.75, 3.05) is 27.3 Å². The van der Waals surface area contributed by atoms with E-state index in [1.54, 1.807) is 37.7 Å². The van der Waals surface area contributed by atoms with Crippen LogP contribution in [0.25, 0.3) is 10.2 Å². The highest BCUT2D eigenvalue weighted by Crippen LogP contribution is 2.36. The number of hydrogen-bond acceptors (Lipinski definition) is 6. The van der Waals surface area contributed by atoms with E-state index in [1.165, 1.54) is 0 Å². The third-order valence-corrected chi connectivity index (χ3v) is 6.27. The Balaban J connectivity index is 1.65.